The van der Waals surface area contributed by atoms with Crippen molar-refractivity contribution in [1.82, 2.24) is 4.98 Å². The smallest absolute Gasteiger partial charge is 0.229 e. The number of aromatic nitrogens is 1. The van der Waals surface area contributed by atoms with Crippen molar-refractivity contribution in [2.45, 2.75) is 13.1 Å². The van der Waals surface area contributed by atoms with Gasteiger partial charge in [-0.2, -0.15) is 0 Å². The van der Waals surface area contributed by atoms with Crippen LogP contribution >= 0.6 is 0 Å². The second kappa shape index (κ2) is 9.67. The van der Waals surface area contributed by atoms with Gasteiger partial charge in [0.05, 0.1) is 12.1 Å². The molecule has 0 radical (unpaired) electrons. The molecule has 5 aromatic rings. The van der Waals surface area contributed by atoms with E-state index in [4.69, 9.17) is 4.98 Å². The number of nitrogens with zero attached hydrogens (tertiary/aromatic N) is 1. The molecule has 0 aliphatic rings. The van der Waals surface area contributed by atoms with Crippen LogP contribution in [0.5, 0.6) is 0 Å². The van der Waals surface area contributed by atoms with Gasteiger partial charge < -0.3 is 5.32 Å². The molecule has 3 nitrogen and oxygen atoms in total. The number of rotatable bonds is 6. The second-order valence-corrected chi connectivity index (χ2v) is 8.20. The Hall–Kier alpha value is -4.31. The van der Waals surface area contributed by atoms with Crippen LogP contribution in [0.2, 0.25) is 0 Å². The number of amides is 1. The normalized spacial score (nSPS) is 10.9. The van der Waals surface area contributed by atoms with Gasteiger partial charge in [0.1, 0.15) is 12.5 Å². The van der Waals surface area contributed by atoms with Gasteiger partial charge in [-0.1, -0.05) is 103 Å². The van der Waals surface area contributed by atoms with Crippen LogP contribution in [-0.2, 0) is 17.9 Å². The van der Waals surface area contributed by atoms with E-state index in [1.165, 1.54) is 0 Å². The molecule has 0 saturated heterocycles. The van der Waals surface area contributed by atoms with Crippen LogP contribution in [0, 0.1) is 0 Å². The summed E-state index contributed by atoms with van der Waals surface area (Å²) in [6.07, 6.45) is 0.254. The molecule has 4 heteroatoms. The quantitative estimate of drug-likeness (QED) is 0.299. The maximum absolute atomic E-state index is 12.9. The first kappa shape index (κ1) is 21.5. The van der Waals surface area contributed by atoms with Gasteiger partial charge in [0.15, 0.2) is 0 Å². The van der Waals surface area contributed by atoms with Crippen molar-refractivity contribution in [1.29, 1.82) is 0 Å². The minimum absolute atomic E-state index is 0.131. The Balaban J connectivity index is 1.37. The Morgan fingerprint density at radius 1 is 0.706 bits per heavy atom. The van der Waals surface area contributed by atoms with Crippen LogP contribution in [-0.4, -0.2) is 10.9 Å². The summed E-state index contributed by atoms with van der Waals surface area (Å²) < 4.78 is 12.9. The average Bonchev–Trinajstić information content (AvgIpc) is 2.89. The van der Waals surface area contributed by atoms with Crippen molar-refractivity contribution in [2.75, 3.05) is 5.32 Å². The largest absolute Gasteiger partial charge is 0.310 e. The summed E-state index contributed by atoms with van der Waals surface area (Å²) in [6.45, 7) is -0.503. The topological polar surface area (TPSA) is 42.0 Å². The van der Waals surface area contributed by atoms with Crippen molar-refractivity contribution in [3.05, 3.63) is 120 Å². The van der Waals surface area contributed by atoms with Crippen LogP contribution in [0.4, 0.5) is 10.2 Å². The SMILES string of the molecule is O=C(Cc1ccc(-c2ccccc2)cc1)Nc1cc2ccccc2c(-c2ccc(CF)cc2)n1. The fraction of sp³-hybridized carbons (Fsp3) is 0.0667. The first-order valence-corrected chi connectivity index (χ1v) is 11.2. The predicted molar refractivity (Wildman–Crippen MR) is 136 cm³/mol. The third-order valence-electron chi connectivity index (χ3n) is 5.82. The molecule has 34 heavy (non-hydrogen) atoms. The lowest BCUT2D eigenvalue weighted by Crippen LogP contribution is -2.15. The minimum Gasteiger partial charge on any atom is -0.310 e. The molecular formula is C30H23FN2O. The minimum atomic E-state index is -0.503. The van der Waals surface area contributed by atoms with Crippen molar-refractivity contribution < 1.29 is 9.18 Å². The summed E-state index contributed by atoms with van der Waals surface area (Å²) >= 11 is 0. The third kappa shape index (κ3) is 4.71. The summed E-state index contributed by atoms with van der Waals surface area (Å²) in [5.74, 6) is 0.364. The van der Waals surface area contributed by atoms with E-state index in [2.05, 4.69) is 17.4 Å². The number of pyridine rings is 1. The fourth-order valence-electron chi connectivity index (χ4n) is 4.05. The van der Waals surface area contributed by atoms with Gasteiger partial charge in [0.25, 0.3) is 0 Å². The van der Waals surface area contributed by atoms with Gasteiger partial charge in [-0.3, -0.25) is 4.79 Å². The molecular weight excluding hydrogens is 423 g/mol. The van der Waals surface area contributed by atoms with Crippen LogP contribution in [0.1, 0.15) is 11.1 Å². The maximum Gasteiger partial charge on any atom is 0.229 e. The first-order chi connectivity index (χ1) is 16.7. The average molecular weight is 447 g/mol. The summed E-state index contributed by atoms with van der Waals surface area (Å²) in [5, 5.41) is 4.90. The van der Waals surface area contributed by atoms with Crippen molar-refractivity contribution >= 4 is 22.5 Å². The molecule has 5 rings (SSSR count). The summed E-state index contributed by atoms with van der Waals surface area (Å²) in [5.41, 5.74) is 5.44. The van der Waals surface area contributed by atoms with Gasteiger partial charge in [0.2, 0.25) is 5.91 Å². The van der Waals surface area contributed by atoms with E-state index >= 15 is 0 Å². The Morgan fingerprint density at radius 3 is 2.06 bits per heavy atom. The third-order valence-corrected chi connectivity index (χ3v) is 5.82. The highest BCUT2D eigenvalue weighted by molar-refractivity contribution is 5.99. The highest BCUT2D eigenvalue weighted by atomic mass is 19.1. The number of benzene rings is 4. The number of hydrogen-bond donors (Lipinski definition) is 1. The van der Waals surface area contributed by atoms with Gasteiger partial charge in [0, 0.05) is 10.9 Å². The number of anilines is 1. The second-order valence-electron chi connectivity index (χ2n) is 8.20. The molecule has 0 spiro atoms. The van der Waals surface area contributed by atoms with Crippen LogP contribution in [0.25, 0.3) is 33.2 Å². The molecule has 0 aliphatic heterocycles. The van der Waals surface area contributed by atoms with E-state index < -0.39 is 6.67 Å². The Morgan fingerprint density at radius 2 is 1.32 bits per heavy atom. The molecule has 1 amide bonds. The number of hydrogen-bond acceptors (Lipinski definition) is 2. The molecule has 0 saturated carbocycles. The lowest BCUT2D eigenvalue weighted by atomic mass is 10.0. The van der Waals surface area contributed by atoms with Crippen molar-refractivity contribution in [3.63, 3.8) is 0 Å². The molecule has 0 unspecified atom stereocenters. The van der Waals surface area contributed by atoms with Crippen LogP contribution < -0.4 is 5.32 Å². The number of nitrogens with one attached hydrogen (secondary N) is 1. The number of carbonyl (C=O) groups is 1. The van der Waals surface area contributed by atoms with E-state index in [1.54, 1.807) is 12.1 Å². The maximum atomic E-state index is 12.9. The Labute approximate surface area is 197 Å². The zero-order chi connectivity index (χ0) is 23.3. The van der Waals surface area contributed by atoms with E-state index in [0.29, 0.717) is 11.4 Å². The highest BCUT2D eigenvalue weighted by Gasteiger charge is 2.11. The zero-order valence-corrected chi connectivity index (χ0v) is 18.5. The molecule has 0 bridgehead atoms. The van der Waals surface area contributed by atoms with Crippen LogP contribution in [0.15, 0.2) is 109 Å². The van der Waals surface area contributed by atoms with E-state index in [9.17, 15) is 9.18 Å². The number of carbonyl (C=O) groups excluding carboxylic acids is 1. The summed E-state index contributed by atoms with van der Waals surface area (Å²) in [7, 11) is 0. The lowest BCUT2D eigenvalue weighted by Gasteiger charge is -2.11. The molecule has 1 N–H and O–H groups in total. The van der Waals surface area contributed by atoms with E-state index in [0.717, 1.165) is 38.7 Å². The first-order valence-electron chi connectivity index (χ1n) is 11.2. The molecule has 1 aromatic heterocycles. The molecule has 1 heterocycles. The lowest BCUT2D eigenvalue weighted by molar-refractivity contribution is -0.115. The molecule has 0 fully saturated rings. The molecule has 0 atom stereocenters. The van der Waals surface area contributed by atoms with Gasteiger partial charge in [-0.25, -0.2) is 9.37 Å². The van der Waals surface area contributed by atoms with Gasteiger partial charge >= 0.3 is 0 Å². The number of alkyl halides is 1. The van der Waals surface area contributed by atoms with Crippen molar-refractivity contribution in [2.24, 2.45) is 0 Å². The van der Waals surface area contributed by atoms with E-state index in [-0.39, 0.29) is 12.3 Å². The van der Waals surface area contributed by atoms with Crippen molar-refractivity contribution in [3.8, 4) is 22.4 Å². The van der Waals surface area contributed by atoms with Crippen LogP contribution in [0.3, 0.4) is 0 Å². The predicted octanol–water partition coefficient (Wildman–Crippen LogP) is 7.22. The van der Waals surface area contributed by atoms with Gasteiger partial charge in [-0.05, 0) is 33.7 Å². The monoisotopic (exact) mass is 446 g/mol. The Bertz CT molecular complexity index is 1430. The zero-order valence-electron chi connectivity index (χ0n) is 18.5. The number of halogens is 1. The Kier molecular flexibility index (Phi) is 6.13. The standard InChI is InChI=1S/C30H23FN2O/c31-20-22-12-16-25(17-13-22)30-27-9-5-4-8-26(27)19-28(33-30)32-29(34)18-21-10-14-24(15-11-21)23-6-2-1-3-7-23/h1-17,19H,18,20H2,(H,32,33,34). The number of fused-ring (bicyclic) bond motifs is 1. The molecule has 0 aliphatic carbocycles. The summed E-state index contributed by atoms with van der Waals surface area (Å²) in [4.78, 5) is 17.5. The molecule has 4 aromatic carbocycles. The highest BCUT2D eigenvalue weighted by Crippen LogP contribution is 2.29. The van der Waals surface area contributed by atoms with E-state index in [1.807, 2.05) is 84.9 Å². The fourth-order valence-corrected chi connectivity index (χ4v) is 4.05. The van der Waals surface area contributed by atoms with Gasteiger partial charge in [-0.15, -0.1) is 0 Å². The summed E-state index contributed by atoms with van der Waals surface area (Å²) in [6, 6.07) is 35.2. The molecule has 166 valence electrons.